The molecule has 1 heterocycles. The van der Waals surface area contributed by atoms with Gasteiger partial charge in [0.15, 0.2) is 0 Å². The number of nitrogens with two attached hydrogens (primary N) is 1. The summed E-state index contributed by atoms with van der Waals surface area (Å²) in [5.41, 5.74) is 5.62. The molecule has 1 aromatic heterocycles. The van der Waals surface area contributed by atoms with E-state index in [0.29, 0.717) is 5.82 Å². The van der Waals surface area contributed by atoms with Crippen LogP contribution in [0, 0.1) is 0 Å². The SMILES string of the molecule is CCC(CC)(CC)Nc1cnc(N)cn1. The second-order valence-electron chi connectivity index (χ2n) is 3.79. The summed E-state index contributed by atoms with van der Waals surface area (Å²) < 4.78 is 0. The third kappa shape index (κ3) is 2.81. The van der Waals surface area contributed by atoms with E-state index in [1.807, 2.05) is 0 Å². The summed E-state index contributed by atoms with van der Waals surface area (Å²) in [7, 11) is 0. The summed E-state index contributed by atoms with van der Waals surface area (Å²) in [4.78, 5) is 8.23. The normalized spacial score (nSPS) is 11.4. The molecule has 4 heteroatoms. The lowest BCUT2D eigenvalue weighted by Crippen LogP contribution is -2.36. The molecule has 0 bridgehead atoms. The van der Waals surface area contributed by atoms with Crippen molar-refractivity contribution in [3.05, 3.63) is 12.4 Å². The molecule has 15 heavy (non-hydrogen) atoms. The quantitative estimate of drug-likeness (QED) is 0.780. The maximum atomic E-state index is 5.49. The molecule has 0 unspecified atom stereocenters. The Morgan fingerprint density at radius 2 is 1.73 bits per heavy atom. The van der Waals surface area contributed by atoms with Gasteiger partial charge in [-0.1, -0.05) is 20.8 Å². The van der Waals surface area contributed by atoms with Crippen molar-refractivity contribution < 1.29 is 0 Å². The van der Waals surface area contributed by atoms with E-state index in [9.17, 15) is 0 Å². The predicted octanol–water partition coefficient (Wildman–Crippen LogP) is 2.44. The van der Waals surface area contributed by atoms with Crippen molar-refractivity contribution in [1.29, 1.82) is 0 Å². The lowest BCUT2D eigenvalue weighted by Gasteiger charge is -2.32. The fraction of sp³-hybridized carbons (Fsp3) is 0.636. The van der Waals surface area contributed by atoms with Gasteiger partial charge in [-0.3, -0.25) is 0 Å². The van der Waals surface area contributed by atoms with Gasteiger partial charge in [0.25, 0.3) is 0 Å². The first-order chi connectivity index (χ1) is 7.15. The van der Waals surface area contributed by atoms with Crippen LogP contribution < -0.4 is 11.1 Å². The van der Waals surface area contributed by atoms with Crippen molar-refractivity contribution in [2.24, 2.45) is 0 Å². The maximum absolute atomic E-state index is 5.49. The summed E-state index contributed by atoms with van der Waals surface area (Å²) in [6, 6.07) is 0. The molecule has 0 saturated carbocycles. The van der Waals surface area contributed by atoms with Crippen LogP contribution in [-0.4, -0.2) is 15.5 Å². The van der Waals surface area contributed by atoms with Crippen molar-refractivity contribution in [2.75, 3.05) is 11.1 Å². The minimum absolute atomic E-state index is 0.130. The molecule has 0 spiro atoms. The fourth-order valence-corrected chi connectivity index (χ4v) is 1.69. The Hall–Kier alpha value is -1.32. The van der Waals surface area contributed by atoms with E-state index in [-0.39, 0.29) is 5.54 Å². The number of nitrogens with one attached hydrogen (secondary N) is 1. The highest BCUT2D eigenvalue weighted by atomic mass is 15.1. The summed E-state index contributed by atoms with van der Waals surface area (Å²) in [6.45, 7) is 6.56. The molecular weight excluding hydrogens is 188 g/mol. The highest BCUT2D eigenvalue weighted by molar-refractivity contribution is 5.38. The highest BCUT2D eigenvalue weighted by Crippen LogP contribution is 2.24. The molecule has 0 aliphatic heterocycles. The van der Waals surface area contributed by atoms with Gasteiger partial charge in [-0.15, -0.1) is 0 Å². The van der Waals surface area contributed by atoms with Gasteiger partial charge in [-0.05, 0) is 19.3 Å². The van der Waals surface area contributed by atoms with Crippen molar-refractivity contribution in [1.82, 2.24) is 9.97 Å². The molecule has 0 aliphatic rings. The van der Waals surface area contributed by atoms with Gasteiger partial charge in [0.05, 0.1) is 12.4 Å². The van der Waals surface area contributed by atoms with Gasteiger partial charge in [-0.2, -0.15) is 0 Å². The summed E-state index contributed by atoms with van der Waals surface area (Å²) in [5.74, 6) is 1.25. The molecule has 1 aromatic rings. The zero-order valence-electron chi connectivity index (χ0n) is 9.75. The van der Waals surface area contributed by atoms with Crippen molar-refractivity contribution in [3.8, 4) is 0 Å². The van der Waals surface area contributed by atoms with E-state index in [4.69, 9.17) is 5.73 Å². The number of nitrogen functional groups attached to an aromatic ring is 1. The van der Waals surface area contributed by atoms with Gasteiger partial charge in [0, 0.05) is 5.54 Å². The second-order valence-corrected chi connectivity index (χ2v) is 3.79. The smallest absolute Gasteiger partial charge is 0.145 e. The van der Waals surface area contributed by atoms with E-state index >= 15 is 0 Å². The largest absolute Gasteiger partial charge is 0.382 e. The molecule has 0 fully saturated rings. The zero-order valence-corrected chi connectivity index (χ0v) is 9.75. The van der Waals surface area contributed by atoms with Gasteiger partial charge < -0.3 is 11.1 Å². The predicted molar refractivity (Wildman–Crippen MR) is 63.7 cm³/mol. The molecule has 3 N–H and O–H groups in total. The van der Waals surface area contributed by atoms with E-state index in [0.717, 1.165) is 25.1 Å². The van der Waals surface area contributed by atoms with Crippen LogP contribution in [0.1, 0.15) is 40.0 Å². The molecule has 0 aliphatic carbocycles. The monoisotopic (exact) mass is 208 g/mol. The first kappa shape index (κ1) is 11.8. The number of anilines is 2. The first-order valence-electron chi connectivity index (χ1n) is 5.51. The van der Waals surface area contributed by atoms with E-state index in [2.05, 4.69) is 36.1 Å². The third-order valence-corrected chi connectivity index (χ3v) is 3.10. The Bertz CT molecular complexity index is 282. The number of rotatable bonds is 5. The molecule has 0 radical (unpaired) electrons. The number of hydrogen-bond donors (Lipinski definition) is 2. The van der Waals surface area contributed by atoms with Crippen molar-refractivity contribution in [2.45, 2.75) is 45.6 Å². The molecule has 0 saturated heterocycles. The van der Waals surface area contributed by atoms with E-state index in [1.165, 1.54) is 0 Å². The molecule has 4 nitrogen and oxygen atoms in total. The Morgan fingerprint density at radius 3 is 2.13 bits per heavy atom. The molecule has 0 amide bonds. The minimum Gasteiger partial charge on any atom is -0.382 e. The minimum atomic E-state index is 0.130. The lowest BCUT2D eigenvalue weighted by atomic mass is 9.90. The third-order valence-electron chi connectivity index (χ3n) is 3.10. The van der Waals surface area contributed by atoms with Gasteiger partial charge in [-0.25, -0.2) is 9.97 Å². The Kier molecular flexibility index (Phi) is 3.88. The maximum Gasteiger partial charge on any atom is 0.145 e. The van der Waals surface area contributed by atoms with Crippen LogP contribution in [0.3, 0.4) is 0 Å². The first-order valence-corrected chi connectivity index (χ1v) is 5.51. The van der Waals surface area contributed by atoms with Crippen LogP contribution in [0.4, 0.5) is 11.6 Å². The molecule has 1 rings (SSSR count). The fourth-order valence-electron chi connectivity index (χ4n) is 1.69. The second kappa shape index (κ2) is 4.96. The number of nitrogens with zero attached hydrogens (tertiary/aromatic N) is 2. The van der Waals surface area contributed by atoms with Crippen LogP contribution in [0.5, 0.6) is 0 Å². The molecule has 0 atom stereocenters. The van der Waals surface area contributed by atoms with Crippen LogP contribution in [0.15, 0.2) is 12.4 Å². The highest BCUT2D eigenvalue weighted by Gasteiger charge is 2.23. The number of aromatic nitrogens is 2. The van der Waals surface area contributed by atoms with Crippen LogP contribution in [-0.2, 0) is 0 Å². The average Bonchev–Trinajstić information content (AvgIpc) is 2.29. The van der Waals surface area contributed by atoms with Gasteiger partial charge >= 0.3 is 0 Å². The van der Waals surface area contributed by atoms with Gasteiger partial charge in [0.1, 0.15) is 11.6 Å². The van der Waals surface area contributed by atoms with E-state index < -0.39 is 0 Å². The standard InChI is InChI=1S/C11H20N4/c1-4-11(5-2,6-3)15-10-8-13-9(12)7-14-10/h7-8H,4-6H2,1-3H3,(H2,12,13)(H,14,15). The number of hydrogen-bond acceptors (Lipinski definition) is 4. The van der Waals surface area contributed by atoms with Crippen LogP contribution in [0.2, 0.25) is 0 Å². The van der Waals surface area contributed by atoms with E-state index in [1.54, 1.807) is 12.4 Å². The summed E-state index contributed by atoms with van der Waals surface area (Å²) >= 11 is 0. The summed E-state index contributed by atoms with van der Waals surface area (Å²) in [5, 5.41) is 3.44. The summed E-state index contributed by atoms with van der Waals surface area (Å²) in [6.07, 6.45) is 6.49. The molecule has 0 aromatic carbocycles. The molecular formula is C11H20N4. The van der Waals surface area contributed by atoms with Crippen molar-refractivity contribution >= 4 is 11.6 Å². The van der Waals surface area contributed by atoms with Gasteiger partial charge in [0.2, 0.25) is 0 Å². The average molecular weight is 208 g/mol. The molecule has 84 valence electrons. The van der Waals surface area contributed by atoms with Crippen LogP contribution in [0.25, 0.3) is 0 Å². The Labute approximate surface area is 91.3 Å². The van der Waals surface area contributed by atoms with Crippen LogP contribution >= 0.6 is 0 Å². The Balaban J connectivity index is 2.78. The zero-order chi connectivity index (χ0) is 11.3. The lowest BCUT2D eigenvalue weighted by molar-refractivity contribution is 0.419. The van der Waals surface area contributed by atoms with Crippen molar-refractivity contribution in [3.63, 3.8) is 0 Å². The Morgan fingerprint density at radius 1 is 1.13 bits per heavy atom. The topological polar surface area (TPSA) is 63.8 Å².